The Balaban J connectivity index is 1.75. The first kappa shape index (κ1) is 22.9. The van der Waals surface area contributed by atoms with E-state index in [1.54, 1.807) is 0 Å². The number of para-hydroxylation sites is 2. The van der Waals surface area contributed by atoms with Gasteiger partial charge in [0.1, 0.15) is 12.4 Å². The third-order valence-electron chi connectivity index (χ3n) is 5.99. The van der Waals surface area contributed by atoms with E-state index in [-0.39, 0.29) is 17.4 Å². The molecule has 1 N–H and O–H groups in total. The lowest BCUT2D eigenvalue weighted by Gasteiger charge is -2.34. The topological polar surface area (TPSA) is 41.6 Å². The van der Waals surface area contributed by atoms with Crippen molar-refractivity contribution in [2.45, 2.75) is 52.7 Å². The highest BCUT2D eigenvalue weighted by Crippen LogP contribution is 2.28. The first-order chi connectivity index (χ1) is 15.9. The molecule has 33 heavy (non-hydrogen) atoms. The number of hydrogen-bond donors (Lipinski definition) is 1. The normalized spacial score (nSPS) is 16.5. The molecule has 3 aromatic carbocycles. The molecule has 0 radical (unpaired) electrons. The molecular formula is C29H34N2O2. The fourth-order valence-electron chi connectivity index (χ4n) is 4.30. The van der Waals surface area contributed by atoms with Crippen molar-refractivity contribution < 1.29 is 9.53 Å². The van der Waals surface area contributed by atoms with Gasteiger partial charge in [0.2, 0.25) is 5.91 Å². The maximum absolute atomic E-state index is 13.7. The van der Waals surface area contributed by atoms with Gasteiger partial charge in [-0.05, 0) is 35.1 Å². The number of carbonyl (C=O) groups is 1. The molecule has 0 saturated carbocycles. The van der Waals surface area contributed by atoms with Crippen LogP contribution < -0.4 is 10.1 Å². The zero-order valence-corrected chi connectivity index (χ0v) is 19.9. The van der Waals surface area contributed by atoms with Crippen LogP contribution in [-0.4, -0.2) is 23.5 Å². The quantitative estimate of drug-likeness (QED) is 0.535. The molecular weight excluding hydrogens is 408 g/mol. The second kappa shape index (κ2) is 10.1. The van der Waals surface area contributed by atoms with Crippen LogP contribution >= 0.6 is 0 Å². The molecule has 172 valence electrons. The third kappa shape index (κ3) is 6.16. The van der Waals surface area contributed by atoms with E-state index in [2.05, 4.69) is 68.6 Å². The zero-order valence-electron chi connectivity index (χ0n) is 19.9. The van der Waals surface area contributed by atoms with Gasteiger partial charge in [0.15, 0.2) is 0 Å². The summed E-state index contributed by atoms with van der Waals surface area (Å²) in [7, 11) is 0. The van der Waals surface area contributed by atoms with Gasteiger partial charge in [-0.1, -0.05) is 87.5 Å². The van der Waals surface area contributed by atoms with E-state index in [0.29, 0.717) is 26.1 Å². The van der Waals surface area contributed by atoms with Crippen LogP contribution in [0.15, 0.2) is 78.9 Å². The minimum absolute atomic E-state index is 0.0820. The van der Waals surface area contributed by atoms with Gasteiger partial charge in [-0.25, -0.2) is 0 Å². The Morgan fingerprint density at radius 1 is 0.939 bits per heavy atom. The number of amides is 1. The van der Waals surface area contributed by atoms with E-state index >= 15 is 0 Å². The van der Waals surface area contributed by atoms with E-state index < -0.39 is 0 Å². The van der Waals surface area contributed by atoms with Crippen LogP contribution in [0.25, 0.3) is 0 Å². The molecule has 0 spiro atoms. The van der Waals surface area contributed by atoms with Crippen molar-refractivity contribution in [1.82, 2.24) is 4.90 Å². The fraction of sp³-hybridized carbons (Fsp3) is 0.345. The first-order valence-corrected chi connectivity index (χ1v) is 11.7. The summed E-state index contributed by atoms with van der Waals surface area (Å²) in [6, 6.07) is 26.7. The van der Waals surface area contributed by atoms with Crippen LogP contribution in [0, 0.1) is 5.41 Å². The Bertz CT molecular complexity index is 1070. The predicted molar refractivity (Wildman–Crippen MR) is 134 cm³/mol. The Morgan fingerprint density at radius 2 is 1.61 bits per heavy atom. The molecule has 1 amide bonds. The van der Waals surface area contributed by atoms with E-state index in [4.69, 9.17) is 4.74 Å². The van der Waals surface area contributed by atoms with Gasteiger partial charge in [-0.2, -0.15) is 0 Å². The van der Waals surface area contributed by atoms with E-state index in [9.17, 15) is 4.79 Å². The molecule has 0 unspecified atom stereocenters. The number of benzene rings is 3. The molecule has 1 atom stereocenters. The molecule has 1 heterocycles. The minimum Gasteiger partial charge on any atom is -0.491 e. The summed E-state index contributed by atoms with van der Waals surface area (Å²) in [6.07, 6.45) is 1.24. The van der Waals surface area contributed by atoms with Crippen molar-refractivity contribution >= 4 is 11.6 Å². The average molecular weight is 443 g/mol. The van der Waals surface area contributed by atoms with Crippen LogP contribution in [0.2, 0.25) is 0 Å². The van der Waals surface area contributed by atoms with Crippen molar-refractivity contribution in [2.75, 3.05) is 11.9 Å². The SMILES string of the molecule is CC(C)(C)CC(=O)N1Cc2ccccc2NCc2ccccc2OC[C@@H]1Cc1ccccc1. The monoisotopic (exact) mass is 442 g/mol. The van der Waals surface area contributed by atoms with Crippen molar-refractivity contribution in [2.24, 2.45) is 5.41 Å². The molecule has 3 aromatic rings. The van der Waals surface area contributed by atoms with Gasteiger partial charge in [0, 0.05) is 30.8 Å². The summed E-state index contributed by atoms with van der Waals surface area (Å²) in [5.41, 5.74) is 4.40. The Kier molecular flexibility index (Phi) is 7.02. The number of carbonyl (C=O) groups excluding carboxylic acids is 1. The number of nitrogens with zero attached hydrogens (tertiary/aromatic N) is 1. The summed E-state index contributed by atoms with van der Waals surface area (Å²) in [5, 5.41) is 3.57. The van der Waals surface area contributed by atoms with E-state index in [1.165, 1.54) is 5.56 Å². The van der Waals surface area contributed by atoms with Gasteiger partial charge in [0.05, 0.1) is 6.04 Å². The van der Waals surface area contributed by atoms with Crippen molar-refractivity contribution in [3.63, 3.8) is 0 Å². The molecule has 0 bridgehead atoms. The molecule has 1 aliphatic rings. The highest BCUT2D eigenvalue weighted by molar-refractivity contribution is 5.77. The summed E-state index contributed by atoms with van der Waals surface area (Å²) >= 11 is 0. The summed E-state index contributed by atoms with van der Waals surface area (Å²) in [6.45, 7) is 8.02. The van der Waals surface area contributed by atoms with Gasteiger partial charge in [-0.15, -0.1) is 0 Å². The number of hydrogen-bond acceptors (Lipinski definition) is 3. The van der Waals surface area contributed by atoms with Crippen LogP contribution in [0.1, 0.15) is 43.9 Å². The number of ether oxygens (including phenoxy) is 1. The number of nitrogens with one attached hydrogen (secondary N) is 1. The smallest absolute Gasteiger partial charge is 0.223 e. The Hall–Kier alpha value is -3.27. The lowest BCUT2D eigenvalue weighted by molar-refractivity contribution is -0.136. The molecule has 4 rings (SSSR count). The maximum Gasteiger partial charge on any atom is 0.223 e. The van der Waals surface area contributed by atoms with E-state index in [1.807, 2.05) is 41.3 Å². The molecule has 1 aliphatic heterocycles. The lowest BCUT2D eigenvalue weighted by atomic mass is 9.91. The second-order valence-electron chi connectivity index (χ2n) is 10.0. The largest absolute Gasteiger partial charge is 0.491 e. The van der Waals surface area contributed by atoms with Gasteiger partial charge in [-0.3, -0.25) is 4.79 Å². The fourth-order valence-corrected chi connectivity index (χ4v) is 4.30. The molecule has 4 heteroatoms. The Morgan fingerprint density at radius 3 is 2.36 bits per heavy atom. The second-order valence-corrected chi connectivity index (χ2v) is 10.0. The minimum atomic E-state index is -0.0915. The Labute approximate surface area is 197 Å². The first-order valence-electron chi connectivity index (χ1n) is 11.7. The van der Waals surface area contributed by atoms with Crippen LogP contribution in [0.3, 0.4) is 0 Å². The molecule has 0 saturated heterocycles. The molecule has 0 fully saturated rings. The average Bonchev–Trinajstić information content (AvgIpc) is 2.82. The molecule has 0 aromatic heterocycles. The zero-order chi connectivity index (χ0) is 23.3. The predicted octanol–water partition coefficient (Wildman–Crippen LogP) is 6.07. The van der Waals surface area contributed by atoms with Gasteiger partial charge < -0.3 is 15.0 Å². The van der Waals surface area contributed by atoms with E-state index in [0.717, 1.165) is 29.0 Å². The van der Waals surface area contributed by atoms with Crippen molar-refractivity contribution in [1.29, 1.82) is 0 Å². The van der Waals surface area contributed by atoms with Gasteiger partial charge in [0.25, 0.3) is 0 Å². The highest BCUT2D eigenvalue weighted by atomic mass is 16.5. The van der Waals surface area contributed by atoms with Crippen LogP contribution in [0.5, 0.6) is 5.75 Å². The van der Waals surface area contributed by atoms with Crippen molar-refractivity contribution in [3.8, 4) is 5.75 Å². The van der Waals surface area contributed by atoms with Crippen molar-refractivity contribution in [3.05, 3.63) is 95.6 Å². The summed E-state index contributed by atoms with van der Waals surface area (Å²) < 4.78 is 6.38. The molecule has 4 nitrogen and oxygen atoms in total. The summed E-state index contributed by atoms with van der Waals surface area (Å²) in [5.74, 6) is 1.03. The summed E-state index contributed by atoms with van der Waals surface area (Å²) in [4.78, 5) is 15.7. The number of rotatable bonds is 3. The molecule has 0 aliphatic carbocycles. The number of fused-ring (bicyclic) bond motifs is 2. The maximum atomic E-state index is 13.7. The lowest BCUT2D eigenvalue weighted by Crippen LogP contribution is -2.45. The standard InChI is InChI=1S/C29H34N2O2/c1-29(2,3)18-28(32)31-20-24-14-7-9-15-26(24)30-19-23-13-8-10-16-27(23)33-21-25(31)17-22-11-5-4-6-12-22/h4-16,25,30H,17-21H2,1-3H3/t25-/m0/s1. The van der Waals surface area contributed by atoms with Crippen LogP contribution in [0.4, 0.5) is 5.69 Å². The third-order valence-corrected chi connectivity index (χ3v) is 5.99. The number of anilines is 1. The van der Waals surface area contributed by atoms with Gasteiger partial charge >= 0.3 is 0 Å². The highest BCUT2D eigenvalue weighted by Gasteiger charge is 2.29. The van der Waals surface area contributed by atoms with Crippen LogP contribution in [-0.2, 0) is 24.3 Å².